The van der Waals surface area contributed by atoms with E-state index in [-0.39, 0.29) is 11.5 Å². The maximum Gasteiger partial charge on any atom is 0.356 e. The maximum absolute atomic E-state index is 13.0. The lowest BCUT2D eigenvalue weighted by molar-refractivity contribution is 0.0690. The average Bonchev–Trinajstić information content (AvgIpc) is 2.94. The molecule has 0 saturated carbocycles. The van der Waals surface area contributed by atoms with Crippen molar-refractivity contribution in [3.05, 3.63) is 72.2 Å². The number of halogens is 1. The van der Waals surface area contributed by atoms with Crippen molar-refractivity contribution in [1.29, 1.82) is 0 Å². The van der Waals surface area contributed by atoms with E-state index < -0.39 is 5.97 Å². The van der Waals surface area contributed by atoms with Gasteiger partial charge in [0.05, 0.1) is 11.4 Å². The zero-order chi connectivity index (χ0) is 14.8. The molecule has 0 spiro atoms. The number of benzene rings is 2. The summed E-state index contributed by atoms with van der Waals surface area (Å²) in [6.45, 7) is 0. The van der Waals surface area contributed by atoms with Crippen LogP contribution in [0.1, 0.15) is 10.5 Å². The van der Waals surface area contributed by atoms with E-state index in [9.17, 15) is 9.18 Å². The number of hydrogen-bond acceptors (Lipinski definition) is 2. The van der Waals surface area contributed by atoms with Crippen molar-refractivity contribution in [2.45, 2.75) is 0 Å². The predicted octanol–water partition coefficient (Wildman–Crippen LogP) is 3.38. The molecule has 0 fully saturated rings. The summed E-state index contributed by atoms with van der Waals surface area (Å²) >= 11 is 0. The van der Waals surface area contributed by atoms with E-state index >= 15 is 0 Å². The van der Waals surface area contributed by atoms with Gasteiger partial charge in [0.15, 0.2) is 5.69 Å². The quantitative estimate of drug-likeness (QED) is 0.801. The summed E-state index contributed by atoms with van der Waals surface area (Å²) in [4.78, 5) is 11.1. The molecular weight excluding hydrogens is 271 g/mol. The smallest absolute Gasteiger partial charge is 0.356 e. The number of nitrogens with zero attached hydrogens (tertiary/aromatic N) is 2. The zero-order valence-corrected chi connectivity index (χ0v) is 10.9. The number of aromatic nitrogens is 2. The third-order valence-corrected chi connectivity index (χ3v) is 3.07. The highest BCUT2D eigenvalue weighted by molar-refractivity contribution is 5.87. The second-order valence-electron chi connectivity index (χ2n) is 4.47. The molecule has 0 unspecified atom stereocenters. The molecule has 0 saturated heterocycles. The summed E-state index contributed by atoms with van der Waals surface area (Å²) in [6.07, 6.45) is 0. The predicted molar refractivity (Wildman–Crippen MR) is 75.9 cm³/mol. The molecule has 0 aliphatic carbocycles. The van der Waals surface area contributed by atoms with E-state index in [1.54, 1.807) is 12.1 Å². The second kappa shape index (κ2) is 5.20. The van der Waals surface area contributed by atoms with Crippen LogP contribution in [0.25, 0.3) is 16.9 Å². The Kier molecular flexibility index (Phi) is 3.23. The molecule has 3 rings (SSSR count). The first-order valence-electron chi connectivity index (χ1n) is 6.30. The van der Waals surface area contributed by atoms with Gasteiger partial charge in [0, 0.05) is 5.56 Å². The van der Waals surface area contributed by atoms with Crippen LogP contribution in [-0.4, -0.2) is 20.9 Å². The summed E-state index contributed by atoms with van der Waals surface area (Å²) in [7, 11) is 0. The molecule has 0 aliphatic heterocycles. The molecule has 104 valence electrons. The van der Waals surface area contributed by atoms with Crippen molar-refractivity contribution in [3.63, 3.8) is 0 Å². The Hall–Kier alpha value is -2.95. The molecule has 21 heavy (non-hydrogen) atoms. The van der Waals surface area contributed by atoms with Gasteiger partial charge in [0.25, 0.3) is 0 Å². The van der Waals surface area contributed by atoms with E-state index in [0.717, 1.165) is 5.69 Å². The van der Waals surface area contributed by atoms with Gasteiger partial charge >= 0.3 is 5.97 Å². The van der Waals surface area contributed by atoms with E-state index in [1.807, 2.05) is 30.3 Å². The van der Waals surface area contributed by atoms with Gasteiger partial charge in [-0.1, -0.05) is 18.2 Å². The first kappa shape index (κ1) is 13.1. The molecule has 4 nitrogen and oxygen atoms in total. The standard InChI is InChI=1S/C16H11FN2O2/c17-12-8-6-11(7-9-12)15-10-14(16(20)21)18-19(15)13-4-2-1-3-5-13/h1-10H,(H,20,21). The Labute approximate surface area is 120 Å². The van der Waals surface area contributed by atoms with Crippen LogP contribution in [0.5, 0.6) is 0 Å². The average molecular weight is 282 g/mol. The monoisotopic (exact) mass is 282 g/mol. The third kappa shape index (κ3) is 2.53. The van der Waals surface area contributed by atoms with Crippen molar-refractivity contribution in [3.8, 4) is 16.9 Å². The Morgan fingerprint density at radius 2 is 1.71 bits per heavy atom. The fourth-order valence-corrected chi connectivity index (χ4v) is 2.08. The zero-order valence-electron chi connectivity index (χ0n) is 10.9. The minimum atomic E-state index is -1.10. The Morgan fingerprint density at radius 1 is 1.05 bits per heavy atom. The molecule has 1 aromatic heterocycles. The number of aromatic carboxylic acids is 1. The Bertz CT molecular complexity index is 780. The Balaban J connectivity index is 2.19. The SMILES string of the molecule is O=C(O)c1cc(-c2ccc(F)cc2)n(-c2ccccc2)n1. The van der Waals surface area contributed by atoms with Gasteiger partial charge in [0.2, 0.25) is 0 Å². The number of para-hydroxylation sites is 1. The van der Waals surface area contributed by atoms with Gasteiger partial charge in [-0.25, -0.2) is 13.9 Å². The molecule has 3 aromatic rings. The summed E-state index contributed by atoms with van der Waals surface area (Å²) in [6, 6.07) is 16.5. The number of carboxylic acids is 1. The fraction of sp³-hybridized carbons (Fsp3) is 0. The van der Waals surface area contributed by atoms with Crippen LogP contribution in [0.2, 0.25) is 0 Å². The van der Waals surface area contributed by atoms with Crippen LogP contribution < -0.4 is 0 Å². The minimum absolute atomic E-state index is 0.0572. The van der Waals surface area contributed by atoms with E-state index in [0.29, 0.717) is 11.3 Å². The van der Waals surface area contributed by atoms with Crippen molar-refractivity contribution >= 4 is 5.97 Å². The lowest BCUT2D eigenvalue weighted by Crippen LogP contribution is -2.02. The van der Waals surface area contributed by atoms with Gasteiger partial charge in [-0.15, -0.1) is 0 Å². The fourth-order valence-electron chi connectivity index (χ4n) is 2.08. The summed E-state index contributed by atoms with van der Waals surface area (Å²) in [5, 5.41) is 13.2. The second-order valence-corrected chi connectivity index (χ2v) is 4.47. The number of carbonyl (C=O) groups is 1. The third-order valence-electron chi connectivity index (χ3n) is 3.07. The number of rotatable bonds is 3. The lowest BCUT2D eigenvalue weighted by atomic mass is 10.1. The molecule has 0 aliphatic rings. The topological polar surface area (TPSA) is 55.1 Å². The first-order valence-corrected chi connectivity index (χ1v) is 6.30. The minimum Gasteiger partial charge on any atom is -0.476 e. The van der Waals surface area contributed by atoms with Crippen molar-refractivity contribution in [2.24, 2.45) is 0 Å². The summed E-state index contributed by atoms with van der Waals surface area (Å²) in [5.41, 5.74) is 1.97. The molecule has 2 aromatic carbocycles. The highest BCUT2D eigenvalue weighted by Gasteiger charge is 2.15. The van der Waals surface area contributed by atoms with Crippen LogP contribution in [-0.2, 0) is 0 Å². The Morgan fingerprint density at radius 3 is 2.33 bits per heavy atom. The number of hydrogen-bond donors (Lipinski definition) is 1. The largest absolute Gasteiger partial charge is 0.476 e. The van der Waals surface area contributed by atoms with Crippen LogP contribution in [0.3, 0.4) is 0 Å². The number of carboxylic acid groups (broad SMARTS) is 1. The maximum atomic E-state index is 13.0. The van der Waals surface area contributed by atoms with Crippen molar-refractivity contribution < 1.29 is 14.3 Å². The van der Waals surface area contributed by atoms with Gasteiger partial charge in [-0.3, -0.25) is 0 Å². The van der Waals surface area contributed by atoms with E-state index in [2.05, 4.69) is 5.10 Å². The molecule has 1 heterocycles. The van der Waals surface area contributed by atoms with Gasteiger partial charge in [-0.05, 0) is 42.5 Å². The molecule has 5 heteroatoms. The molecule has 0 amide bonds. The van der Waals surface area contributed by atoms with Crippen LogP contribution in [0.4, 0.5) is 4.39 Å². The summed E-state index contributed by atoms with van der Waals surface area (Å²) < 4.78 is 14.6. The van der Waals surface area contributed by atoms with E-state index in [4.69, 9.17) is 5.11 Å². The molecule has 0 bridgehead atoms. The molecule has 0 atom stereocenters. The lowest BCUT2D eigenvalue weighted by Gasteiger charge is -2.07. The molecular formula is C16H11FN2O2. The van der Waals surface area contributed by atoms with Gasteiger partial charge < -0.3 is 5.11 Å². The van der Waals surface area contributed by atoms with Crippen LogP contribution in [0, 0.1) is 5.82 Å². The van der Waals surface area contributed by atoms with Gasteiger partial charge in [0.1, 0.15) is 5.82 Å². The van der Waals surface area contributed by atoms with Crippen LogP contribution >= 0.6 is 0 Å². The molecule has 1 N–H and O–H groups in total. The van der Waals surface area contributed by atoms with Gasteiger partial charge in [-0.2, -0.15) is 5.10 Å². The van der Waals surface area contributed by atoms with Crippen LogP contribution in [0.15, 0.2) is 60.7 Å². The van der Waals surface area contributed by atoms with Crippen molar-refractivity contribution in [2.75, 3.05) is 0 Å². The van der Waals surface area contributed by atoms with E-state index in [1.165, 1.54) is 22.9 Å². The molecule has 0 radical (unpaired) electrons. The summed E-state index contributed by atoms with van der Waals surface area (Å²) in [5.74, 6) is -1.45. The first-order chi connectivity index (χ1) is 10.1. The van der Waals surface area contributed by atoms with Crippen molar-refractivity contribution in [1.82, 2.24) is 9.78 Å². The highest BCUT2D eigenvalue weighted by atomic mass is 19.1. The normalized spacial score (nSPS) is 10.5. The highest BCUT2D eigenvalue weighted by Crippen LogP contribution is 2.24.